The third-order valence-corrected chi connectivity index (χ3v) is 4.35. The van der Waals surface area contributed by atoms with Gasteiger partial charge in [-0.2, -0.15) is 0 Å². The number of carbonyl (C=O) groups excluding carboxylic acids is 1. The molecule has 4 rings (SSSR count). The zero-order valence-corrected chi connectivity index (χ0v) is 16.0. The Bertz CT molecular complexity index is 988. The number of nitrogens with zero attached hydrogens (tertiary/aromatic N) is 1. The minimum Gasteiger partial charge on any atom is -0.494 e. The van der Waals surface area contributed by atoms with E-state index < -0.39 is 0 Å². The first-order valence-electron chi connectivity index (χ1n) is 9.34. The van der Waals surface area contributed by atoms with Crippen LogP contribution in [0.5, 0.6) is 17.2 Å². The van der Waals surface area contributed by atoms with Crippen molar-refractivity contribution in [1.29, 1.82) is 0 Å². The molecule has 2 heterocycles. The van der Waals surface area contributed by atoms with Crippen LogP contribution in [0.3, 0.4) is 0 Å². The molecule has 7 nitrogen and oxygen atoms in total. The summed E-state index contributed by atoms with van der Waals surface area (Å²) < 4.78 is 16.1. The number of carbonyl (C=O) groups is 1. The van der Waals surface area contributed by atoms with Crippen molar-refractivity contribution in [3.8, 4) is 17.2 Å². The highest BCUT2D eigenvalue weighted by molar-refractivity contribution is 5.94. The Morgan fingerprint density at radius 1 is 1.07 bits per heavy atom. The minimum atomic E-state index is -0.192. The van der Waals surface area contributed by atoms with Crippen molar-refractivity contribution in [2.75, 3.05) is 18.7 Å². The maximum atomic E-state index is 12.4. The standard InChI is InChI=1S/C22H21N3O4/c1-2-27-18-7-5-17(6-8-18)25-21-10-4-16(13-23-21)22(26)24-12-15-3-9-19-20(11-15)29-14-28-19/h3-11,13H,2,12,14H2,1H3,(H,23,25)(H,24,26). The molecule has 148 valence electrons. The number of benzene rings is 2. The van der Waals surface area contributed by atoms with Crippen LogP contribution in [0, 0.1) is 0 Å². The van der Waals surface area contributed by atoms with Gasteiger partial charge >= 0.3 is 0 Å². The number of hydrogen-bond acceptors (Lipinski definition) is 6. The van der Waals surface area contributed by atoms with Crippen LogP contribution in [0.1, 0.15) is 22.8 Å². The molecule has 2 N–H and O–H groups in total. The van der Waals surface area contributed by atoms with Gasteiger partial charge in [0.25, 0.3) is 5.91 Å². The fraction of sp³-hybridized carbons (Fsp3) is 0.182. The van der Waals surface area contributed by atoms with Gasteiger partial charge in [0, 0.05) is 18.4 Å². The predicted octanol–water partition coefficient (Wildman–Crippen LogP) is 3.88. The molecule has 29 heavy (non-hydrogen) atoms. The molecule has 2 aromatic carbocycles. The summed E-state index contributed by atoms with van der Waals surface area (Å²) in [5.41, 5.74) is 2.31. The second-order valence-corrected chi connectivity index (χ2v) is 6.38. The van der Waals surface area contributed by atoms with E-state index in [2.05, 4.69) is 15.6 Å². The van der Waals surface area contributed by atoms with Crippen LogP contribution in [-0.4, -0.2) is 24.3 Å². The van der Waals surface area contributed by atoms with Crippen molar-refractivity contribution < 1.29 is 19.0 Å². The van der Waals surface area contributed by atoms with Crippen molar-refractivity contribution in [2.45, 2.75) is 13.5 Å². The van der Waals surface area contributed by atoms with Crippen LogP contribution in [0.25, 0.3) is 0 Å². The molecular formula is C22H21N3O4. The fourth-order valence-electron chi connectivity index (χ4n) is 2.89. The number of aromatic nitrogens is 1. The van der Waals surface area contributed by atoms with E-state index in [-0.39, 0.29) is 12.7 Å². The van der Waals surface area contributed by atoms with E-state index >= 15 is 0 Å². The molecule has 0 bridgehead atoms. The average molecular weight is 391 g/mol. The van der Waals surface area contributed by atoms with Gasteiger partial charge in [0.05, 0.1) is 12.2 Å². The maximum Gasteiger partial charge on any atom is 0.253 e. The molecule has 0 fully saturated rings. The molecule has 0 radical (unpaired) electrons. The van der Waals surface area contributed by atoms with E-state index in [4.69, 9.17) is 14.2 Å². The Morgan fingerprint density at radius 2 is 1.90 bits per heavy atom. The van der Waals surface area contributed by atoms with Crippen LogP contribution in [-0.2, 0) is 6.54 Å². The molecule has 0 unspecified atom stereocenters. The van der Waals surface area contributed by atoms with Gasteiger partial charge < -0.3 is 24.8 Å². The molecule has 0 saturated heterocycles. The van der Waals surface area contributed by atoms with Gasteiger partial charge in [-0.05, 0) is 61.0 Å². The first-order valence-corrected chi connectivity index (χ1v) is 9.34. The Kier molecular flexibility index (Phi) is 5.47. The number of nitrogens with one attached hydrogen (secondary N) is 2. The van der Waals surface area contributed by atoms with E-state index in [9.17, 15) is 4.79 Å². The summed E-state index contributed by atoms with van der Waals surface area (Å²) in [6.07, 6.45) is 1.55. The first-order chi connectivity index (χ1) is 14.2. The average Bonchev–Trinajstić information content (AvgIpc) is 3.22. The molecule has 1 aromatic heterocycles. The summed E-state index contributed by atoms with van der Waals surface area (Å²) in [7, 11) is 0. The molecule has 0 atom stereocenters. The van der Waals surface area contributed by atoms with Crippen molar-refractivity contribution >= 4 is 17.4 Å². The summed E-state index contributed by atoms with van der Waals surface area (Å²) in [6.45, 7) is 3.20. The second-order valence-electron chi connectivity index (χ2n) is 6.38. The second kappa shape index (κ2) is 8.52. The third-order valence-electron chi connectivity index (χ3n) is 4.35. The largest absolute Gasteiger partial charge is 0.494 e. The SMILES string of the molecule is CCOc1ccc(Nc2ccc(C(=O)NCc3ccc4c(c3)OCO4)cn2)cc1. The van der Waals surface area contributed by atoms with E-state index in [0.29, 0.717) is 30.3 Å². The third kappa shape index (κ3) is 4.57. The highest BCUT2D eigenvalue weighted by Crippen LogP contribution is 2.32. The zero-order valence-electron chi connectivity index (χ0n) is 16.0. The predicted molar refractivity (Wildman–Crippen MR) is 109 cm³/mol. The first kappa shape index (κ1) is 18.6. The Balaban J connectivity index is 1.32. The lowest BCUT2D eigenvalue weighted by atomic mass is 10.2. The summed E-state index contributed by atoms with van der Waals surface area (Å²) >= 11 is 0. The molecule has 3 aromatic rings. The minimum absolute atomic E-state index is 0.192. The number of amides is 1. The summed E-state index contributed by atoms with van der Waals surface area (Å²) in [4.78, 5) is 16.7. The van der Waals surface area contributed by atoms with Gasteiger partial charge in [-0.3, -0.25) is 4.79 Å². The lowest BCUT2D eigenvalue weighted by molar-refractivity contribution is 0.0950. The molecule has 7 heteroatoms. The number of anilines is 2. The highest BCUT2D eigenvalue weighted by Gasteiger charge is 2.13. The Morgan fingerprint density at radius 3 is 2.66 bits per heavy atom. The topological polar surface area (TPSA) is 81.7 Å². The number of pyridine rings is 1. The van der Waals surface area contributed by atoms with Gasteiger partial charge in [0.1, 0.15) is 11.6 Å². The van der Waals surface area contributed by atoms with E-state index in [1.54, 1.807) is 18.3 Å². The van der Waals surface area contributed by atoms with Crippen molar-refractivity contribution in [1.82, 2.24) is 10.3 Å². The van der Waals surface area contributed by atoms with Gasteiger partial charge in [0.2, 0.25) is 6.79 Å². The smallest absolute Gasteiger partial charge is 0.253 e. The van der Waals surface area contributed by atoms with Crippen molar-refractivity contribution in [3.05, 3.63) is 71.9 Å². The lowest BCUT2D eigenvalue weighted by Gasteiger charge is -2.09. The van der Waals surface area contributed by atoms with Crippen LogP contribution < -0.4 is 24.8 Å². The van der Waals surface area contributed by atoms with Crippen LogP contribution in [0.2, 0.25) is 0 Å². The van der Waals surface area contributed by atoms with Crippen LogP contribution in [0.15, 0.2) is 60.8 Å². The van der Waals surface area contributed by atoms with E-state index in [1.165, 1.54) is 0 Å². The molecule has 1 aliphatic rings. The number of hydrogen-bond donors (Lipinski definition) is 2. The van der Waals surface area contributed by atoms with Crippen molar-refractivity contribution in [2.24, 2.45) is 0 Å². The molecule has 1 amide bonds. The Labute approximate surface area is 168 Å². The van der Waals surface area contributed by atoms with Gasteiger partial charge in [-0.25, -0.2) is 4.98 Å². The van der Waals surface area contributed by atoms with Gasteiger partial charge in [-0.1, -0.05) is 6.07 Å². The van der Waals surface area contributed by atoms with Gasteiger partial charge in [0.15, 0.2) is 11.5 Å². The molecule has 0 saturated carbocycles. The van der Waals surface area contributed by atoms with Crippen LogP contribution in [0.4, 0.5) is 11.5 Å². The molecule has 1 aliphatic heterocycles. The van der Waals surface area contributed by atoms with E-state index in [1.807, 2.05) is 49.4 Å². The molecule has 0 spiro atoms. The zero-order chi connectivity index (χ0) is 20.1. The summed E-state index contributed by atoms with van der Waals surface area (Å²) in [5.74, 6) is 2.70. The monoisotopic (exact) mass is 391 g/mol. The lowest BCUT2D eigenvalue weighted by Crippen LogP contribution is -2.22. The number of fused-ring (bicyclic) bond motifs is 1. The highest BCUT2D eigenvalue weighted by atomic mass is 16.7. The van der Waals surface area contributed by atoms with Gasteiger partial charge in [-0.15, -0.1) is 0 Å². The fourth-order valence-corrected chi connectivity index (χ4v) is 2.89. The quantitative estimate of drug-likeness (QED) is 0.636. The van der Waals surface area contributed by atoms with Crippen LogP contribution >= 0.6 is 0 Å². The molecule has 0 aliphatic carbocycles. The maximum absolute atomic E-state index is 12.4. The summed E-state index contributed by atoms with van der Waals surface area (Å²) in [6, 6.07) is 16.7. The summed E-state index contributed by atoms with van der Waals surface area (Å²) in [5, 5.41) is 6.08. The number of rotatable bonds is 7. The van der Waals surface area contributed by atoms with Crippen molar-refractivity contribution in [3.63, 3.8) is 0 Å². The normalized spacial score (nSPS) is 11.8. The number of ether oxygens (including phenoxy) is 3. The van der Waals surface area contributed by atoms with E-state index in [0.717, 1.165) is 22.7 Å². The molecular weight excluding hydrogens is 370 g/mol. The Hall–Kier alpha value is -3.74.